The van der Waals surface area contributed by atoms with Crippen molar-refractivity contribution in [3.8, 4) is 0 Å². The lowest BCUT2D eigenvalue weighted by Gasteiger charge is -2.33. The van der Waals surface area contributed by atoms with Gasteiger partial charge in [-0.3, -0.25) is 4.99 Å². The van der Waals surface area contributed by atoms with E-state index in [0.717, 1.165) is 57.9 Å². The number of nitrogens with zero attached hydrogens (tertiary/aromatic N) is 4. The van der Waals surface area contributed by atoms with Crippen LogP contribution in [0.5, 0.6) is 0 Å². The normalized spacial score (nSPS) is 16.5. The fraction of sp³-hybridized carbons (Fsp3) is 0.750. The molecule has 2 rings (SSSR count). The summed E-state index contributed by atoms with van der Waals surface area (Å²) in [6, 6.07) is 1.18. The molecule has 0 aliphatic carbocycles. The largest absolute Gasteiger partial charge is 0.433 e. The van der Waals surface area contributed by atoms with Gasteiger partial charge in [-0.15, -0.1) is 0 Å². The van der Waals surface area contributed by atoms with Crippen LogP contribution >= 0.6 is 0 Å². The van der Waals surface area contributed by atoms with Crippen molar-refractivity contribution in [3.05, 3.63) is 18.0 Å². The molecule has 1 saturated heterocycles. The van der Waals surface area contributed by atoms with Crippen LogP contribution in [0.15, 0.2) is 17.3 Å². The van der Waals surface area contributed by atoms with E-state index >= 15 is 0 Å². The average molecular weight is 446 g/mol. The smallest absolute Gasteiger partial charge is 0.377 e. The second kappa shape index (κ2) is 12.7. The van der Waals surface area contributed by atoms with Gasteiger partial charge in [-0.25, -0.2) is 9.97 Å². The van der Waals surface area contributed by atoms with Gasteiger partial charge in [-0.1, -0.05) is 0 Å². The molecule has 8 nitrogen and oxygen atoms in total. The average Bonchev–Trinajstić information content (AvgIpc) is 2.72. The number of alkyl halides is 3. The minimum atomic E-state index is -4.49. The van der Waals surface area contributed by atoms with Crippen molar-refractivity contribution >= 4 is 11.9 Å². The maximum Gasteiger partial charge on any atom is 0.433 e. The Morgan fingerprint density at radius 2 is 2.06 bits per heavy atom. The number of aromatic nitrogens is 2. The van der Waals surface area contributed by atoms with Gasteiger partial charge in [0.05, 0.1) is 19.3 Å². The zero-order valence-corrected chi connectivity index (χ0v) is 18.5. The fourth-order valence-electron chi connectivity index (χ4n) is 3.17. The summed E-state index contributed by atoms with van der Waals surface area (Å²) in [5.41, 5.74) is -0.967. The van der Waals surface area contributed by atoms with Crippen molar-refractivity contribution in [2.75, 3.05) is 51.2 Å². The first-order valence-corrected chi connectivity index (χ1v) is 10.8. The van der Waals surface area contributed by atoms with E-state index < -0.39 is 11.9 Å². The highest BCUT2D eigenvalue weighted by Gasteiger charge is 2.32. The van der Waals surface area contributed by atoms with Gasteiger partial charge in [0.1, 0.15) is 5.69 Å². The maximum atomic E-state index is 12.7. The predicted octanol–water partition coefficient (Wildman–Crippen LogP) is 2.35. The van der Waals surface area contributed by atoms with Crippen LogP contribution in [0.2, 0.25) is 0 Å². The third kappa shape index (κ3) is 9.69. The quantitative estimate of drug-likeness (QED) is 0.290. The number of hydrogen-bond acceptors (Lipinski definition) is 6. The van der Waals surface area contributed by atoms with Gasteiger partial charge in [0.25, 0.3) is 0 Å². The molecule has 11 heteroatoms. The van der Waals surface area contributed by atoms with E-state index in [1.807, 2.05) is 20.8 Å². The van der Waals surface area contributed by atoms with Crippen molar-refractivity contribution in [1.82, 2.24) is 25.5 Å². The molecular weight excluding hydrogens is 411 g/mol. The van der Waals surface area contributed by atoms with Crippen LogP contribution in [-0.2, 0) is 10.9 Å². The Morgan fingerprint density at radius 3 is 2.71 bits per heavy atom. The first kappa shape index (κ1) is 25.1. The summed E-state index contributed by atoms with van der Waals surface area (Å²) in [5.74, 6) is 0.646. The summed E-state index contributed by atoms with van der Waals surface area (Å²) in [7, 11) is 0. The SMILES string of the molecule is CCNC(=NCCNc1nccc(C(F)(F)F)n1)NC1CCN(CCOC(C)C)CC1. The Bertz CT molecular complexity index is 677. The van der Waals surface area contributed by atoms with Crippen LogP contribution in [0.3, 0.4) is 0 Å². The van der Waals surface area contributed by atoms with Gasteiger partial charge in [-0.2, -0.15) is 13.2 Å². The molecule has 0 amide bonds. The Hall–Kier alpha value is -2.14. The molecule has 0 saturated carbocycles. The van der Waals surface area contributed by atoms with Crippen LogP contribution in [0.1, 0.15) is 39.3 Å². The highest BCUT2D eigenvalue weighted by atomic mass is 19.4. The number of anilines is 1. The summed E-state index contributed by atoms with van der Waals surface area (Å²) >= 11 is 0. The molecule has 0 bridgehead atoms. The Balaban J connectivity index is 1.74. The van der Waals surface area contributed by atoms with Crippen molar-refractivity contribution < 1.29 is 17.9 Å². The second-order valence-corrected chi connectivity index (χ2v) is 7.63. The minimum Gasteiger partial charge on any atom is -0.377 e. The summed E-state index contributed by atoms with van der Waals surface area (Å²) < 4.78 is 43.8. The zero-order valence-electron chi connectivity index (χ0n) is 18.5. The van der Waals surface area contributed by atoms with Crippen molar-refractivity contribution in [2.45, 2.75) is 51.9 Å². The van der Waals surface area contributed by atoms with Crippen LogP contribution < -0.4 is 16.0 Å². The molecule has 1 fully saturated rings. The summed E-state index contributed by atoms with van der Waals surface area (Å²) in [5, 5.41) is 9.45. The summed E-state index contributed by atoms with van der Waals surface area (Å²) in [6.07, 6.45) is -1.11. The van der Waals surface area contributed by atoms with E-state index in [0.29, 0.717) is 25.1 Å². The molecule has 0 unspecified atom stereocenters. The van der Waals surface area contributed by atoms with E-state index in [4.69, 9.17) is 4.74 Å². The van der Waals surface area contributed by atoms with E-state index in [9.17, 15) is 13.2 Å². The summed E-state index contributed by atoms with van der Waals surface area (Å²) in [6.45, 7) is 11.2. The first-order valence-electron chi connectivity index (χ1n) is 10.8. The van der Waals surface area contributed by atoms with Gasteiger partial charge in [0.15, 0.2) is 5.96 Å². The molecule has 0 radical (unpaired) electrons. The second-order valence-electron chi connectivity index (χ2n) is 7.63. The number of piperidine rings is 1. The van der Waals surface area contributed by atoms with Gasteiger partial charge in [0, 0.05) is 45.0 Å². The molecule has 0 atom stereocenters. The van der Waals surface area contributed by atoms with Crippen molar-refractivity contribution in [1.29, 1.82) is 0 Å². The van der Waals surface area contributed by atoms with Gasteiger partial charge >= 0.3 is 6.18 Å². The molecule has 2 heterocycles. The van der Waals surface area contributed by atoms with Gasteiger partial charge in [0.2, 0.25) is 5.95 Å². The zero-order chi connectivity index (χ0) is 22.7. The van der Waals surface area contributed by atoms with E-state index in [-0.39, 0.29) is 12.1 Å². The fourth-order valence-corrected chi connectivity index (χ4v) is 3.17. The number of likely N-dealkylation sites (tertiary alicyclic amines) is 1. The van der Waals surface area contributed by atoms with E-state index in [1.54, 1.807) is 0 Å². The number of nitrogens with one attached hydrogen (secondary N) is 3. The number of halogens is 3. The third-order valence-electron chi connectivity index (χ3n) is 4.74. The molecule has 0 aromatic carbocycles. The van der Waals surface area contributed by atoms with E-state index in [2.05, 4.69) is 35.8 Å². The minimum absolute atomic E-state index is 0.0585. The molecular formula is C20H34F3N7O. The topological polar surface area (TPSA) is 86.7 Å². The number of ether oxygens (including phenoxy) is 1. The number of rotatable bonds is 10. The molecule has 1 aromatic heterocycles. The third-order valence-corrected chi connectivity index (χ3v) is 4.74. The Kier molecular flexibility index (Phi) is 10.3. The van der Waals surface area contributed by atoms with Gasteiger partial charge in [-0.05, 0) is 39.7 Å². The predicted molar refractivity (Wildman–Crippen MR) is 115 cm³/mol. The highest BCUT2D eigenvalue weighted by Crippen LogP contribution is 2.27. The van der Waals surface area contributed by atoms with Crippen LogP contribution in [0.4, 0.5) is 19.1 Å². The monoisotopic (exact) mass is 445 g/mol. The van der Waals surface area contributed by atoms with Crippen LogP contribution in [0, 0.1) is 0 Å². The number of aliphatic imine (C=N–C) groups is 1. The van der Waals surface area contributed by atoms with Crippen molar-refractivity contribution in [3.63, 3.8) is 0 Å². The lowest BCUT2D eigenvalue weighted by Crippen LogP contribution is -2.49. The first-order chi connectivity index (χ1) is 14.8. The molecule has 176 valence electrons. The Morgan fingerprint density at radius 1 is 1.32 bits per heavy atom. The molecule has 0 spiro atoms. The molecule has 31 heavy (non-hydrogen) atoms. The highest BCUT2D eigenvalue weighted by molar-refractivity contribution is 5.80. The number of hydrogen-bond donors (Lipinski definition) is 3. The van der Waals surface area contributed by atoms with E-state index in [1.165, 1.54) is 0 Å². The lowest BCUT2D eigenvalue weighted by molar-refractivity contribution is -0.141. The maximum absolute atomic E-state index is 12.7. The molecule has 1 aromatic rings. The Labute approximate surface area is 182 Å². The molecule has 1 aliphatic heterocycles. The standard InChI is InChI=1S/C20H34F3N7O/c1-4-24-18(28-16-6-11-30(12-7-16)13-14-31-15(2)3)26-9-10-27-19-25-8-5-17(29-19)20(21,22)23/h5,8,15-16H,4,6-7,9-14H2,1-3H3,(H2,24,26,28)(H,25,27,29). The molecule has 1 aliphatic rings. The van der Waals surface area contributed by atoms with Gasteiger partial charge < -0.3 is 25.6 Å². The van der Waals surface area contributed by atoms with Crippen molar-refractivity contribution in [2.24, 2.45) is 4.99 Å². The van der Waals surface area contributed by atoms with Crippen LogP contribution in [-0.4, -0.2) is 78.8 Å². The summed E-state index contributed by atoms with van der Waals surface area (Å²) in [4.78, 5) is 14.2. The van der Waals surface area contributed by atoms with Crippen LogP contribution in [0.25, 0.3) is 0 Å². The number of guanidine groups is 1. The molecule has 3 N–H and O–H groups in total. The lowest BCUT2D eigenvalue weighted by atomic mass is 10.1.